The molecule has 0 radical (unpaired) electrons. The van der Waals surface area contributed by atoms with E-state index in [1.165, 1.54) is 25.7 Å². The molecule has 2 unspecified atom stereocenters. The van der Waals surface area contributed by atoms with E-state index in [0.717, 1.165) is 19.3 Å². The van der Waals surface area contributed by atoms with Gasteiger partial charge in [-0.3, -0.25) is 0 Å². The van der Waals surface area contributed by atoms with E-state index in [1.807, 2.05) is 0 Å². The Kier molecular flexibility index (Phi) is 2.13. The lowest BCUT2D eigenvalue weighted by atomic mass is 9.65. The van der Waals surface area contributed by atoms with Crippen LogP contribution in [0.15, 0.2) is 0 Å². The van der Waals surface area contributed by atoms with Crippen LogP contribution in [-0.4, -0.2) is 16.7 Å². The molecule has 2 saturated carbocycles. The predicted octanol–water partition coefficient (Wildman–Crippen LogP) is 1.42. The van der Waals surface area contributed by atoms with E-state index in [1.54, 1.807) is 0 Å². The van der Waals surface area contributed by atoms with E-state index in [2.05, 4.69) is 0 Å². The number of aliphatic hydroxyl groups excluding tert-OH is 1. The van der Waals surface area contributed by atoms with Crippen LogP contribution in [0.4, 0.5) is 0 Å². The van der Waals surface area contributed by atoms with Gasteiger partial charge >= 0.3 is 0 Å². The molecule has 2 nitrogen and oxygen atoms in total. The van der Waals surface area contributed by atoms with E-state index < -0.39 is 0 Å². The average Bonchev–Trinajstić information content (AvgIpc) is 2.06. The third-order valence-corrected chi connectivity index (χ3v) is 3.76. The molecule has 0 bridgehead atoms. The zero-order valence-electron chi connectivity index (χ0n) is 7.63. The van der Waals surface area contributed by atoms with Crippen molar-refractivity contribution in [3.63, 3.8) is 0 Å². The minimum Gasteiger partial charge on any atom is -0.393 e. The molecule has 2 aliphatic carbocycles. The van der Waals surface area contributed by atoms with Crippen molar-refractivity contribution in [1.82, 2.24) is 0 Å². The Labute approximate surface area is 74.1 Å². The number of hydrogen-bond acceptors (Lipinski definition) is 2. The van der Waals surface area contributed by atoms with Gasteiger partial charge in [-0.1, -0.05) is 12.8 Å². The van der Waals surface area contributed by atoms with E-state index in [-0.39, 0.29) is 11.6 Å². The van der Waals surface area contributed by atoms with Crippen LogP contribution in [0, 0.1) is 5.92 Å². The molecule has 0 heterocycles. The lowest BCUT2D eigenvalue weighted by Gasteiger charge is -2.46. The quantitative estimate of drug-likeness (QED) is 0.576. The van der Waals surface area contributed by atoms with Crippen molar-refractivity contribution in [3.8, 4) is 0 Å². The average molecular weight is 169 g/mol. The third-order valence-electron chi connectivity index (χ3n) is 3.76. The maximum atomic E-state index is 9.51. The van der Waals surface area contributed by atoms with E-state index in [4.69, 9.17) is 5.73 Å². The lowest BCUT2D eigenvalue weighted by molar-refractivity contribution is 0.0316. The molecule has 70 valence electrons. The predicted molar refractivity (Wildman–Crippen MR) is 48.7 cm³/mol. The highest BCUT2D eigenvalue weighted by atomic mass is 16.3. The monoisotopic (exact) mass is 169 g/mol. The summed E-state index contributed by atoms with van der Waals surface area (Å²) in [5.74, 6) is 0.606. The molecule has 0 amide bonds. The van der Waals surface area contributed by atoms with Gasteiger partial charge < -0.3 is 10.8 Å². The van der Waals surface area contributed by atoms with Crippen molar-refractivity contribution in [2.45, 2.75) is 56.6 Å². The highest BCUT2D eigenvalue weighted by Crippen LogP contribution is 2.41. The number of aliphatic hydroxyl groups is 1. The van der Waals surface area contributed by atoms with Gasteiger partial charge in [0.15, 0.2) is 0 Å². The molecule has 0 aromatic heterocycles. The van der Waals surface area contributed by atoms with Crippen molar-refractivity contribution >= 4 is 0 Å². The minimum absolute atomic E-state index is 0.0650. The van der Waals surface area contributed by atoms with Crippen molar-refractivity contribution in [2.24, 2.45) is 11.7 Å². The summed E-state index contributed by atoms with van der Waals surface area (Å²) in [5.41, 5.74) is 6.41. The fourth-order valence-corrected chi connectivity index (χ4v) is 2.90. The molecular formula is C10H19NO. The number of hydrogen-bond donors (Lipinski definition) is 2. The highest BCUT2D eigenvalue weighted by Gasteiger charge is 2.41. The van der Waals surface area contributed by atoms with Gasteiger partial charge in [-0.25, -0.2) is 0 Å². The first-order valence-electron chi connectivity index (χ1n) is 5.18. The SMILES string of the molecule is N[C@@]12CCCCC1CC(O)CC2. The van der Waals surface area contributed by atoms with E-state index in [9.17, 15) is 5.11 Å². The molecule has 0 aliphatic heterocycles. The number of fused-ring (bicyclic) bond motifs is 1. The summed E-state index contributed by atoms with van der Waals surface area (Å²) in [6.45, 7) is 0. The summed E-state index contributed by atoms with van der Waals surface area (Å²) < 4.78 is 0. The van der Waals surface area contributed by atoms with Gasteiger partial charge in [0.2, 0.25) is 0 Å². The lowest BCUT2D eigenvalue weighted by Crippen LogP contribution is -2.53. The summed E-state index contributed by atoms with van der Waals surface area (Å²) in [5, 5.41) is 9.51. The Balaban J connectivity index is 2.06. The first-order chi connectivity index (χ1) is 5.71. The first kappa shape index (κ1) is 8.52. The second-order valence-corrected chi connectivity index (χ2v) is 4.60. The molecule has 0 saturated heterocycles. The second kappa shape index (κ2) is 3.00. The summed E-state index contributed by atoms with van der Waals surface area (Å²) in [7, 11) is 0. The number of rotatable bonds is 0. The Morgan fingerprint density at radius 1 is 1.17 bits per heavy atom. The Morgan fingerprint density at radius 2 is 2.00 bits per heavy atom. The highest BCUT2D eigenvalue weighted by molar-refractivity contribution is 4.98. The van der Waals surface area contributed by atoms with Gasteiger partial charge in [-0.2, -0.15) is 0 Å². The normalized spacial score (nSPS) is 48.5. The van der Waals surface area contributed by atoms with Crippen LogP contribution < -0.4 is 5.73 Å². The first-order valence-corrected chi connectivity index (χ1v) is 5.18. The van der Waals surface area contributed by atoms with Crippen LogP contribution in [-0.2, 0) is 0 Å². The molecule has 0 aromatic carbocycles. The van der Waals surface area contributed by atoms with Crippen LogP contribution in [0.25, 0.3) is 0 Å². The second-order valence-electron chi connectivity index (χ2n) is 4.60. The molecule has 3 N–H and O–H groups in total. The minimum atomic E-state index is -0.0650. The topological polar surface area (TPSA) is 46.2 Å². The summed E-state index contributed by atoms with van der Waals surface area (Å²) in [6.07, 6.45) is 7.89. The van der Waals surface area contributed by atoms with Crippen molar-refractivity contribution in [2.75, 3.05) is 0 Å². The molecule has 2 aliphatic rings. The molecule has 12 heavy (non-hydrogen) atoms. The van der Waals surface area contributed by atoms with Crippen LogP contribution in [0.5, 0.6) is 0 Å². The van der Waals surface area contributed by atoms with Gasteiger partial charge in [-0.15, -0.1) is 0 Å². The van der Waals surface area contributed by atoms with Crippen LogP contribution >= 0.6 is 0 Å². The van der Waals surface area contributed by atoms with Gasteiger partial charge in [0.05, 0.1) is 6.10 Å². The fourth-order valence-electron chi connectivity index (χ4n) is 2.90. The molecule has 3 atom stereocenters. The maximum absolute atomic E-state index is 9.51. The van der Waals surface area contributed by atoms with E-state index in [0.29, 0.717) is 5.92 Å². The molecule has 2 heteroatoms. The fraction of sp³-hybridized carbons (Fsp3) is 1.00. The van der Waals surface area contributed by atoms with Gasteiger partial charge in [0.25, 0.3) is 0 Å². The van der Waals surface area contributed by atoms with Gasteiger partial charge in [-0.05, 0) is 38.0 Å². The molecule has 0 spiro atoms. The van der Waals surface area contributed by atoms with Gasteiger partial charge in [0.1, 0.15) is 0 Å². The van der Waals surface area contributed by atoms with Gasteiger partial charge in [0, 0.05) is 5.54 Å². The summed E-state index contributed by atoms with van der Waals surface area (Å²) >= 11 is 0. The largest absolute Gasteiger partial charge is 0.393 e. The molecular weight excluding hydrogens is 150 g/mol. The Morgan fingerprint density at radius 3 is 2.83 bits per heavy atom. The number of nitrogens with two attached hydrogens (primary N) is 1. The third kappa shape index (κ3) is 1.38. The summed E-state index contributed by atoms with van der Waals surface area (Å²) in [6, 6.07) is 0. The Bertz CT molecular complexity index is 171. The maximum Gasteiger partial charge on any atom is 0.0544 e. The zero-order valence-corrected chi connectivity index (χ0v) is 7.63. The van der Waals surface area contributed by atoms with Crippen LogP contribution in [0.2, 0.25) is 0 Å². The molecule has 0 aromatic rings. The molecule has 2 rings (SSSR count). The molecule has 2 fully saturated rings. The summed E-state index contributed by atoms with van der Waals surface area (Å²) in [4.78, 5) is 0. The van der Waals surface area contributed by atoms with Crippen molar-refractivity contribution in [1.29, 1.82) is 0 Å². The van der Waals surface area contributed by atoms with Crippen molar-refractivity contribution < 1.29 is 5.11 Å². The standard InChI is InChI=1S/C10H19NO/c11-10-5-2-1-3-8(10)7-9(12)4-6-10/h8-9,12H,1-7,11H2/t8?,9?,10-/m1/s1. The van der Waals surface area contributed by atoms with Crippen LogP contribution in [0.1, 0.15) is 44.9 Å². The zero-order chi connectivity index (χ0) is 8.60. The Hall–Kier alpha value is -0.0800. The van der Waals surface area contributed by atoms with E-state index >= 15 is 0 Å². The van der Waals surface area contributed by atoms with Crippen LogP contribution in [0.3, 0.4) is 0 Å². The smallest absolute Gasteiger partial charge is 0.0544 e. The van der Waals surface area contributed by atoms with Crippen molar-refractivity contribution in [3.05, 3.63) is 0 Å².